The van der Waals surface area contributed by atoms with Crippen molar-refractivity contribution in [3.63, 3.8) is 0 Å². The van der Waals surface area contributed by atoms with Gasteiger partial charge in [-0.05, 0) is 51.4 Å². The summed E-state index contributed by atoms with van der Waals surface area (Å²) in [7, 11) is -4.61. The van der Waals surface area contributed by atoms with Crippen molar-refractivity contribution >= 4 is 22.1 Å². The minimum atomic E-state index is -4.61. The van der Waals surface area contributed by atoms with Crippen molar-refractivity contribution < 1.29 is 56.8 Å². The van der Waals surface area contributed by atoms with Crippen molar-refractivity contribution in [2.24, 2.45) is 0 Å². The second kappa shape index (κ2) is 32.0. The van der Waals surface area contributed by atoms with Gasteiger partial charge in [-0.25, -0.2) is 0 Å². The fourth-order valence-electron chi connectivity index (χ4n) is 5.33. The Bertz CT molecular complexity index is 1350. The van der Waals surface area contributed by atoms with Crippen LogP contribution in [0.5, 0.6) is 0 Å². The smallest absolute Gasteiger partial charge is 0.306 e. The number of rotatable bonds is 30. The Hall–Kier alpha value is -3.17. The number of hydrogen-bond acceptors (Lipinski definition) is 11. The molecule has 55 heavy (non-hydrogen) atoms. The summed E-state index contributed by atoms with van der Waals surface area (Å²) in [5.74, 6) is -2.11. The molecule has 6 atom stereocenters. The Balaban J connectivity index is 2.58. The molecule has 1 fully saturated rings. The summed E-state index contributed by atoms with van der Waals surface area (Å²) in [4.78, 5) is 25.2. The van der Waals surface area contributed by atoms with Crippen LogP contribution >= 0.6 is 0 Å². The Morgan fingerprint density at radius 3 is 1.85 bits per heavy atom. The first-order valence-electron chi connectivity index (χ1n) is 19.7. The molecule has 0 saturated carbocycles. The number of unbranched alkanes of at least 4 members (excludes halogenated alkanes) is 8. The van der Waals surface area contributed by atoms with E-state index in [-0.39, 0.29) is 19.4 Å². The third kappa shape index (κ3) is 27.1. The predicted molar refractivity (Wildman–Crippen MR) is 214 cm³/mol. The molecule has 1 aliphatic rings. The molecule has 0 radical (unpaired) electrons. The van der Waals surface area contributed by atoms with E-state index in [2.05, 4.69) is 44.2 Å². The molecule has 1 saturated heterocycles. The van der Waals surface area contributed by atoms with Crippen LogP contribution in [-0.2, 0) is 38.7 Å². The van der Waals surface area contributed by atoms with E-state index in [1.807, 2.05) is 54.7 Å². The molecule has 1 rings (SSSR count). The number of ether oxygens (including phenoxy) is 4. The summed E-state index contributed by atoms with van der Waals surface area (Å²) >= 11 is 0. The second-order valence-electron chi connectivity index (χ2n) is 13.3. The van der Waals surface area contributed by atoms with E-state index in [1.165, 1.54) is 6.42 Å². The Labute approximate surface area is 329 Å². The van der Waals surface area contributed by atoms with Crippen molar-refractivity contribution in [2.45, 2.75) is 147 Å². The molecule has 12 nitrogen and oxygen atoms in total. The quantitative estimate of drug-likeness (QED) is 0.0193. The zero-order chi connectivity index (χ0) is 40.6. The van der Waals surface area contributed by atoms with Gasteiger partial charge < -0.3 is 34.3 Å². The van der Waals surface area contributed by atoms with Crippen LogP contribution in [0.2, 0.25) is 0 Å². The third-order valence-corrected chi connectivity index (χ3v) is 9.10. The lowest BCUT2D eigenvalue weighted by atomic mass is 10.00. The number of allylic oxidation sites excluding steroid dienone is 14. The molecule has 1 heterocycles. The van der Waals surface area contributed by atoms with Gasteiger partial charge in [0, 0.05) is 12.8 Å². The fraction of sp³-hybridized carbons (Fsp3) is 0.619. The zero-order valence-corrected chi connectivity index (χ0v) is 33.6. The summed E-state index contributed by atoms with van der Waals surface area (Å²) < 4.78 is 53.8. The lowest BCUT2D eigenvalue weighted by molar-refractivity contribution is -0.297. The normalized spacial score (nSPS) is 21.7. The van der Waals surface area contributed by atoms with Crippen LogP contribution in [-0.4, -0.2) is 96.0 Å². The average molecular weight is 795 g/mol. The van der Waals surface area contributed by atoms with Crippen molar-refractivity contribution in [2.75, 3.05) is 19.0 Å². The molecule has 1 aliphatic heterocycles. The minimum Gasteiger partial charge on any atom is -0.462 e. The van der Waals surface area contributed by atoms with Crippen molar-refractivity contribution in [3.05, 3.63) is 85.1 Å². The van der Waals surface area contributed by atoms with E-state index < -0.39 is 71.2 Å². The van der Waals surface area contributed by atoms with E-state index in [9.17, 15) is 37.9 Å². The van der Waals surface area contributed by atoms with Gasteiger partial charge in [0.2, 0.25) is 0 Å². The summed E-state index contributed by atoms with van der Waals surface area (Å²) in [6, 6.07) is 0. The van der Waals surface area contributed by atoms with Crippen LogP contribution in [0.1, 0.15) is 110 Å². The Morgan fingerprint density at radius 2 is 1.20 bits per heavy atom. The predicted octanol–water partition coefficient (Wildman–Crippen LogP) is 6.94. The van der Waals surface area contributed by atoms with E-state index >= 15 is 0 Å². The highest BCUT2D eigenvalue weighted by molar-refractivity contribution is 7.85. The number of aliphatic hydroxyl groups excluding tert-OH is 3. The highest BCUT2D eigenvalue weighted by atomic mass is 32.2. The first-order chi connectivity index (χ1) is 26.5. The molecule has 4 N–H and O–H groups in total. The van der Waals surface area contributed by atoms with Gasteiger partial charge in [0.15, 0.2) is 12.4 Å². The summed E-state index contributed by atoms with van der Waals surface area (Å²) in [6.07, 6.45) is 30.8. The number of esters is 2. The standard InChI is InChI=1S/C42H66O12S/c1-3-5-7-9-11-13-15-17-19-20-22-24-26-28-30-37(43)51-32-35(33-52-42-41(47)40(46)39(45)36(54-42)34-55(48,49)50)53-38(44)31-29-27-25-23-21-18-16-14-12-10-8-6-4-2/h5-8,10-14,16,18,21,23,25,35-36,39-42,45-47H,3-4,9,15,17,19-20,22,24,26-34H2,1-2H3,(H,48,49,50)/b7-5+,8-6+,12-10+,13-11+,16-14+,21-18+,25-23+/t35?,36-,39-,40?,41?,42+/m1/s1. The van der Waals surface area contributed by atoms with Gasteiger partial charge in [0.05, 0.1) is 6.61 Å². The summed E-state index contributed by atoms with van der Waals surface area (Å²) in [6.45, 7) is 3.40. The molecule has 3 unspecified atom stereocenters. The summed E-state index contributed by atoms with van der Waals surface area (Å²) in [5, 5.41) is 30.8. The van der Waals surface area contributed by atoms with Crippen LogP contribution in [0.15, 0.2) is 85.1 Å². The first kappa shape index (κ1) is 49.8. The molecule has 0 bridgehead atoms. The number of hydrogen-bond donors (Lipinski definition) is 4. The number of carbonyl (C=O) groups excluding carboxylic acids is 2. The summed E-state index contributed by atoms with van der Waals surface area (Å²) in [5.41, 5.74) is 0. The monoisotopic (exact) mass is 794 g/mol. The van der Waals surface area contributed by atoms with Crippen molar-refractivity contribution in [3.8, 4) is 0 Å². The van der Waals surface area contributed by atoms with E-state index in [4.69, 9.17) is 18.9 Å². The molecular weight excluding hydrogens is 729 g/mol. The highest BCUT2D eigenvalue weighted by Crippen LogP contribution is 2.23. The van der Waals surface area contributed by atoms with Crippen LogP contribution in [0, 0.1) is 0 Å². The van der Waals surface area contributed by atoms with Crippen molar-refractivity contribution in [1.82, 2.24) is 0 Å². The van der Waals surface area contributed by atoms with Gasteiger partial charge in [-0.3, -0.25) is 14.1 Å². The second-order valence-corrected chi connectivity index (χ2v) is 14.8. The molecule has 0 amide bonds. The van der Waals surface area contributed by atoms with Crippen LogP contribution in [0.25, 0.3) is 0 Å². The third-order valence-electron chi connectivity index (χ3n) is 8.35. The van der Waals surface area contributed by atoms with Gasteiger partial charge in [-0.2, -0.15) is 8.42 Å². The van der Waals surface area contributed by atoms with Crippen LogP contribution < -0.4 is 0 Å². The van der Waals surface area contributed by atoms with Gasteiger partial charge >= 0.3 is 11.9 Å². The Morgan fingerprint density at radius 1 is 0.636 bits per heavy atom. The maximum Gasteiger partial charge on any atom is 0.306 e. The fourth-order valence-corrected chi connectivity index (χ4v) is 6.02. The highest BCUT2D eigenvalue weighted by Gasteiger charge is 2.46. The molecule has 0 aromatic rings. The maximum absolute atomic E-state index is 12.7. The van der Waals surface area contributed by atoms with E-state index in [0.29, 0.717) is 19.3 Å². The SMILES string of the molecule is CC/C=C/C=C/C=C/C=C/C=C/CCCC(=O)OC(COC(=O)CCCCCCCCC/C=C/C/C=C/CC)CO[C@H]1O[C@H](CS(=O)(=O)O)[C@@H](O)C(O)C1O. The number of carbonyl (C=O) groups is 2. The minimum absolute atomic E-state index is 0.0612. The molecule has 0 spiro atoms. The van der Waals surface area contributed by atoms with Gasteiger partial charge in [-0.1, -0.05) is 131 Å². The van der Waals surface area contributed by atoms with E-state index in [1.54, 1.807) is 0 Å². The van der Waals surface area contributed by atoms with E-state index in [0.717, 1.165) is 57.8 Å². The number of aliphatic hydroxyl groups is 3. The van der Waals surface area contributed by atoms with Gasteiger partial charge in [0.25, 0.3) is 10.1 Å². The van der Waals surface area contributed by atoms with Crippen molar-refractivity contribution in [1.29, 1.82) is 0 Å². The maximum atomic E-state index is 12.7. The topological polar surface area (TPSA) is 186 Å². The molecular formula is C42H66O12S. The lowest BCUT2D eigenvalue weighted by Gasteiger charge is -2.40. The molecule has 0 aromatic heterocycles. The van der Waals surface area contributed by atoms with Crippen LogP contribution in [0.3, 0.4) is 0 Å². The molecule has 13 heteroatoms. The van der Waals surface area contributed by atoms with Crippen LogP contribution in [0.4, 0.5) is 0 Å². The lowest BCUT2D eigenvalue weighted by Crippen LogP contribution is -2.60. The first-order valence-corrected chi connectivity index (χ1v) is 21.3. The Kier molecular flexibility index (Phi) is 29.0. The van der Waals surface area contributed by atoms with Gasteiger partial charge in [-0.15, -0.1) is 0 Å². The molecule has 0 aromatic carbocycles. The molecule has 0 aliphatic carbocycles. The van der Waals surface area contributed by atoms with Gasteiger partial charge in [0.1, 0.15) is 36.8 Å². The zero-order valence-electron chi connectivity index (χ0n) is 32.7. The largest absolute Gasteiger partial charge is 0.462 e. The molecule has 312 valence electrons. The average Bonchev–Trinajstić information content (AvgIpc) is 3.14.